The van der Waals surface area contributed by atoms with Crippen molar-refractivity contribution in [1.29, 1.82) is 0 Å². The first-order valence-electron chi connectivity index (χ1n) is 9.86. The number of aliphatic carboxylic acids is 1. The van der Waals surface area contributed by atoms with Gasteiger partial charge in [0.25, 0.3) is 5.91 Å². The first kappa shape index (κ1) is 25.9. The topological polar surface area (TPSA) is 82.1 Å². The van der Waals surface area contributed by atoms with Gasteiger partial charge in [-0.2, -0.15) is 11.8 Å². The first-order valence-corrected chi connectivity index (χ1v) is 11.3. The van der Waals surface area contributed by atoms with Crippen molar-refractivity contribution in [2.75, 3.05) is 12.0 Å². The maximum Gasteiger partial charge on any atom is 1.00 e. The largest absolute Gasteiger partial charge is 1.00 e. The molecule has 0 saturated carbocycles. The molecule has 1 N–H and O–H groups in total. The van der Waals surface area contributed by atoms with Gasteiger partial charge in [0.1, 0.15) is 0 Å². The van der Waals surface area contributed by atoms with Crippen LogP contribution in [0.2, 0.25) is 0 Å². The van der Waals surface area contributed by atoms with Crippen LogP contribution < -0.4 is 40.0 Å². The maximum absolute atomic E-state index is 13.0. The molecule has 1 heterocycles. The fraction of sp³-hybridized carbons (Fsp3) is 0.160. The second kappa shape index (κ2) is 13.2. The summed E-state index contributed by atoms with van der Waals surface area (Å²) in [6.07, 6.45) is 9.59. The van der Waals surface area contributed by atoms with E-state index in [0.29, 0.717) is 17.7 Å². The predicted molar refractivity (Wildman–Crippen MR) is 124 cm³/mol. The number of benzene rings is 2. The summed E-state index contributed by atoms with van der Waals surface area (Å²) in [7, 11) is 0. The van der Waals surface area contributed by atoms with Crippen molar-refractivity contribution in [2.45, 2.75) is 12.5 Å². The molecule has 2 aromatic carbocycles. The number of carboxylic acid groups (broad SMARTS) is 1. The molecule has 3 rings (SSSR count). The number of hydrogen-bond acceptors (Lipinski definition) is 5. The molecule has 0 saturated heterocycles. The number of amides is 1. The van der Waals surface area contributed by atoms with Crippen LogP contribution in [0.4, 0.5) is 0 Å². The normalized spacial score (nSPS) is 11.5. The Kier molecular flexibility index (Phi) is 10.7. The molecule has 0 unspecified atom stereocenters. The van der Waals surface area contributed by atoms with E-state index in [4.69, 9.17) is 0 Å². The van der Waals surface area contributed by atoms with Gasteiger partial charge >= 0.3 is 29.6 Å². The molecule has 0 aliphatic carbocycles. The quantitative estimate of drug-likeness (QED) is 0.477. The van der Waals surface area contributed by atoms with Crippen LogP contribution in [0.1, 0.15) is 27.9 Å². The summed E-state index contributed by atoms with van der Waals surface area (Å²) >= 11 is 1.52. The van der Waals surface area contributed by atoms with E-state index in [1.165, 1.54) is 11.8 Å². The molecule has 0 bridgehead atoms. The summed E-state index contributed by atoms with van der Waals surface area (Å²) in [6.45, 7) is 0. The monoisotopic (exact) mass is 454 g/mol. The molecular weight excluding hydrogens is 431 g/mol. The van der Waals surface area contributed by atoms with E-state index in [-0.39, 0.29) is 29.6 Å². The van der Waals surface area contributed by atoms with Gasteiger partial charge in [0.15, 0.2) is 0 Å². The minimum atomic E-state index is -1.28. The Morgan fingerprint density at radius 1 is 1.06 bits per heavy atom. The fourth-order valence-corrected chi connectivity index (χ4v) is 3.58. The number of hydrogen-bond donors (Lipinski definition) is 1. The van der Waals surface area contributed by atoms with Crippen LogP contribution in [-0.4, -0.2) is 34.9 Å². The Hall–Kier alpha value is -2.38. The summed E-state index contributed by atoms with van der Waals surface area (Å²) in [5.41, 5.74) is 3.90. The molecule has 158 valence electrons. The summed E-state index contributed by atoms with van der Waals surface area (Å²) < 4.78 is 0. The van der Waals surface area contributed by atoms with Crippen LogP contribution in [0.3, 0.4) is 0 Å². The Balaban J connectivity index is 0.00000363. The van der Waals surface area contributed by atoms with Crippen LogP contribution in [0, 0.1) is 0 Å². The maximum atomic E-state index is 13.0. The SMILES string of the molecule is CSCC[C@H](NC(=O)c1ccc(/C=C/c2cccnc2)cc1-c1ccccc1)C(=O)[O-].[Na+]. The number of thioether (sulfide) groups is 1. The predicted octanol–water partition coefficient (Wildman–Crippen LogP) is 0.524. The van der Waals surface area contributed by atoms with Gasteiger partial charge < -0.3 is 15.2 Å². The van der Waals surface area contributed by atoms with Crippen molar-refractivity contribution in [1.82, 2.24) is 10.3 Å². The van der Waals surface area contributed by atoms with Crippen LogP contribution >= 0.6 is 11.8 Å². The number of carbonyl (C=O) groups is 2. The third-order valence-electron chi connectivity index (χ3n) is 4.73. The second-order valence-corrected chi connectivity index (χ2v) is 7.90. The van der Waals surface area contributed by atoms with E-state index in [1.807, 2.05) is 73.0 Å². The van der Waals surface area contributed by atoms with Crippen molar-refractivity contribution >= 4 is 35.8 Å². The average Bonchev–Trinajstić information content (AvgIpc) is 2.81. The van der Waals surface area contributed by atoms with Crippen LogP contribution in [0.15, 0.2) is 73.1 Å². The Bertz CT molecular complexity index is 1060. The zero-order valence-electron chi connectivity index (χ0n) is 18.2. The molecule has 0 fully saturated rings. The van der Waals surface area contributed by atoms with Gasteiger partial charge in [-0.05, 0) is 58.9 Å². The molecule has 1 aromatic heterocycles. The molecule has 1 amide bonds. The molecule has 32 heavy (non-hydrogen) atoms. The van der Waals surface area contributed by atoms with E-state index < -0.39 is 17.9 Å². The summed E-state index contributed by atoms with van der Waals surface area (Å²) in [4.78, 5) is 28.5. The number of nitrogens with one attached hydrogen (secondary N) is 1. The number of aromatic nitrogens is 1. The first-order chi connectivity index (χ1) is 15.1. The van der Waals surface area contributed by atoms with Gasteiger partial charge in [-0.25, -0.2) is 0 Å². The van der Waals surface area contributed by atoms with Gasteiger partial charge in [0, 0.05) is 18.0 Å². The number of rotatable bonds is 9. The number of carboxylic acids is 1. The molecule has 0 radical (unpaired) electrons. The Labute approximate surface area is 214 Å². The minimum absolute atomic E-state index is 0. The van der Waals surface area contributed by atoms with E-state index in [2.05, 4.69) is 10.3 Å². The Morgan fingerprint density at radius 2 is 1.81 bits per heavy atom. The third kappa shape index (κ3) is 7.35. The van der Waals surface area contributed by atoms with Gasteiger partial charge in [-0.1, -0.05) is 54.6 Å². The molecular formula is C25H23N2NaO3S. The van der Waals surface area contributed by atoms with Crippen LogP contribution in [-0.2, 0) is 4.79 Å². The molecule has 7 heteroatoms. The third-order valence-corrected chi connectivity index (χ3v) is 5.37. The van der Waals surface area contributed by atoms with E-state index in [1.54, 1.807) is 18.5 Å². The zero-order valence-corrected chi connectivity index (χ0v) is 21.0. The summed E-state index contributed by atoms with van der Waals surface area (Å²) in [5.74, 6) is -1.10. The number of carbonyl (C=O) groups excluding carboxylic acids is 2. The fourth-order valence-electron chi connectivity index (χ4n) is 3.11. The molecule has 1 atom stereocenters. The van der Waals surface area contributed by atoms with Crippen molar-refractivity contribution in [3.8, 4) is 11.1 Å². The molecule has 5 nitrogen and oxygen atoms in total. The van der Waals surface area contributed by atoms with E-state index in [9.17, 15) is 14.7 Å². The molecule has 3 aromatic rings. The standard InChI is InChI=1S/C25H24N2O3S.Na/c1-31-15-13-23(25(29)30)27-24(28)21-12-11-18(9-10-19-6-5-14-26-17-19)16-22(21)20-7-3-2-4-8-20;/h2-12,14,16-17,23H,13,15H2,1H3,(H,27,28)(H,29,30);/q;+1/p-1/b10-9+;/t23-;/m0./s1. The van der Waals surface area contributed by atoms with Gasteiger partial charge in [0.2, 0.25) is 0 Å². The van der Waals surface area contributed by atoms with Crippen molar-refractivity contribution in [3.05, 3.63) is 89.7 Å². The second-order valence-electron chi connectivity index (χ2n) is 6.92. The number of nitrogens with zero attached hydrogens (tertiary/aromatic N) is 1. The van der Waals surface area contributed by atoms with Gasteiger partial charge in [0.05, 0.1) is 12.0 Å². The minimum Gasteiger partial charge on any atom is -0.548 e. The zero-order chi connectivity index (χ0) is 22.1. The van der Waals surface area contributed by atoms with Crippen LogP contribution in [0.25, 0.3) is 23.3 Å². The van der Waals surface area contributed by atoms with Crippen molar-refractivity contribution in [2.24, 2.45) is 0 Å². The van der Waals surface area contributed by atoms with E-state index >= 15 is 0 Å². The average molecular weight is 455 g/mol. The summed E-state index contributed by atoms with van der Waals surface area (Å²) in [5, 5.41) is 14.1. The van der Waals surface area contributed by atoms with Crippen LogP contribution in [0.5, 0.6) is 0 Å². The van der Waals surface area contributed by atoms with Crippen molar-refractivity contribution in [3.63, 3.8) is 0 Å². The smallest absolute Gasteiger partial charge is 0.548 e. The number of pyridine rings is 1. The molecule has 0 spiro atoms. The molecule has 0 aliphatic heterocycles. The van der Waals surface area contributed by atoms with Gasteiger partial charge in [-0.3, -0.25) is 9.78 Å². The van der Waals surface area contributed by atoms with Gasteiger partial charge in [-0.15, -0.1) is 0 Å². The van der Waals surface area contributed by atoms with E-state index in [0.717, 1.165) is 22.3 Å². The summed E-state index contributed by atoms with van der Waals surface area (Å²) in [6, 6.07) is 17.8. The molecule has 0 aliphatic rings. The Morgan fingerprint density at radius 3 is 2.47 bits per heavy atom. The van der Waals surface area contributed by atoms with Crippen molar-refractivity contribution < 1.29 is 44.3 Å².